The van der Waals surface area contributed by atoms with E-state index in [-0.39, 0.29) is 5.56 Å². The molecule has 0 saturated carbocycles. The first-order valence-electron chi connectivity index (χ1n) is 8.60. The first-order valence-corrected chi connectivity index (χ1v) is 9.42. The lowest BCUT2D eigenvalue weighted by Gasteiger charge is -2.02. The second-order valence-corrected chi connectivity index (χ2v) is 6.84. The van der Waals surface area contributed by atoms with Gasteiger partial charge in [-0.25, -0.2) is 0 Å². The van der Waals surface area contributed by atoms with Crippen LogP contribution in [0.3, 0.4) is 0 Å². The molecule has 0 aliphatic heterocycles. The average Bonchev–Trinajstić information content (AvgIpc) is 3.21. The minimum atomic E-state index is -0.163. The Balaban J connectivity index is 1.66. The summed E-state index contributed by atoms with van der Waals surface area (Å²) in [6, 6.07) is 17.5. The summed E-state index contributed by atoms with van der Waals surface area (Å²) >= 11 is 1.33. The van der Waals surface area contributed by atoms with E-state index in [4.69, 9.17) is 4.74 Å². The van der Waals surface area contributed by atoms with Gasteiger partial charge in [0.1, 0.15) is 5.75 Å². The van der Waals surface area contributed by atoms with Gasteiger partial charge in [0.25, 0.3) is 5.56 Å². The normalized spacial score (nSPS) is 12.3. The first kappa shape index (κ1) is 17.2. The smallest absolute Gasteiger partial charge is 0.291 e. The topological polar surface area (TPSA) is 56.5 Å². The van der Waals surface area contributed by atoms with Crippen molar-refractivity contribution in [2.45, 2.75) is 6.92 Å². The Morgan fingerprint density at radius 1 is 1.07 bits per heavy atom. The zero-order chi connectivity index (χ0) is 18.6. The van der Waals surface area contributed by atoms with Crippen molar-refractivity contribution < 1.29 is 4.74 Å². The standard InChI is InChI=1S/C21H17N3O2S/c1-2-26-17-10-6-9-16(13-17)14-18-20(25)24-21(27-18)22-19(23-24)12-11-15-7-4-3-5-8-15/h3-14H,2H2,1H3/b12-11+,18-14-. The van der Waals surface area contributed by atoms with E-state index in [2.05, 4.69) is 10.1 Å². The quantitative estimate of drug-likeness (QED) is 0.537. The summed E-state index contributed by atoms with van der Waals surface area (Å²) < 4.78 is 7.45. The van der Waals surface area contributed by atoms with Crippen LogP contribution < -0.4 is 14.8 Å². The fourth-order valence-electron chi connectivity index (χ4n) is 2.67. The summed E-state index contributed by atoms with van der Waals surface area (Å²) in [6.45, 7) is 2.54. The summed E-state index contributed by atoms with van der Waals surface area (Å²) in [5.74, 6) is 1.30. The number of nitrogens with zero attached hydrogens (tertiary/aromatic N) is 3. The number of rotatable bonds is 5. The minimum Gasteiger partial charge on any atom is -0.494 e. The highest BCUT2D eigenvalue weighted by Gasteiger charge is 2.09. The number of fused-ring (bicyclic) bond motifs is 1. The van der Waals surface area contributed by atoms with Crippen molar-refractivity contribution in [1.29, 1.82) is 0 Å². The Morgan fingerprint density at radius 3 is 2.67 bits per heavy atom. The molecule has 4 rings (SSSR count). The van der Waals surface area contributed by atoms with Crippen LogP contribution in [0.5, 0.6) is 5.75 Å². The van der Waals surface area contributed by atoms with Gasteiger partial charge in [-0.2, -0.15) is 9.50 Å². The molecule has 134 valence electrons. The Labute approximate surface area is 159 Å². The lowest BCUT2D eigenvalue weighted by molar-refractivity contribution is 0.340. The predicted molar refractivity (Wildman–Crippen MR) is 109 cm³/mol. The molecule has 6 heteroatoms. The Morgan fingerprint density at radius 2 is 1.89 bits per heavy atom. The second kappa shape index (κ2) is 7.55. The van der Waals surface area contributed by atoms with E-state index in [1.165, 1.54) is 15.9 Å². The third-order valence-electron chi connectivity index (χ3n) is 3.89. The van der Waals surface area contributed by atoms with Gasteiger partial charge in [-0.1, -0.05) is 59.9 Å². The van der Waals surface area contributed by atoms with Crippen LogP contribution in [-0.4, -0.2) is 21.2 Å². The van der Waals surface area contributed by atoms with Crippen molar-refractivity contribution in [2.75, 3.05) is 6.61 Å². The third kappa shape index (κ3) is 3.80. The monoisotopic (exact) mass is 375 g/mol. The van der Waals surface area contributed by atoms with Crippen LogP contribution in [-0.2, 0) is 0 Å². The van der Waals surface area contributed by atoms with Gasteiger partial charge < -0.3 is 4.74 Å². The molecule has 5 nitrogen and oxygen atoms in total. The molecular weight excluding hydrogens is 358 g/mol. The molecular formula is C21H17N3O2S. The van der Waals surface area contributed by atoms with Crippen LogP contribution in [0, 0.1) is 0 Å². The van der Waals surface area contributed by atoms with Gasteiger partial charge in [0.05, 0.1) is 11.1 Å². The number of ether oxygens (including phenoxy) is 1. The molecule has 0 aliphatic rings. The molecule has 0 saturated heterocycles. The average molecular weight is 375 g/mol. The van der Waals surface area contributed by atoms with Crippen molar-refractivity contribution in [3.8, 4) is 5.75 Å². The van der Waals surface area contributed by atoms with Crippen LogP contribution in [0.2, 0.25) is 0 Å². The van der Waals surface area contributed by atoms with Crippen LogP contribution in [0.1, 0.15) is 23.9 Å². The Kier molecular flexibility index (Phi) is 4.80. The lowest BCUT2D eigenvalue weighted by atomic mass is 10.2. The van der Waals surface area contributed by atoms with E-state index in [0.717, 1.165) is 16.9 Å². The SMILES string of the molecule is CCOc1cccc(/C=c2\sc3nc(/C=C/c4ccccc4)nn3c2=O)c1. The summed E-state index contributed by atoms with van der Waals surface area (Å²) in [6.07, 6.45) is 5.57. The summed E-state index contributed by atoms with van der Waals surface area (Å²) in [7, 11) is 0. The number of hydrogen-bond acceptors (Lipinski definition) is 5. The third-order valence-corrected chi connectivity index (χ3v) is 4.85. The van der Waals surface area contributed by atoms with Crippen molar-refractivity contribution in [3.05, 3.63) is 86.4 Å². The largest absolute Gasteiger partial charge is 0.494 e. The zero-order valence-corrected chi connectivity index (χ0v) is 15.5. The van der Waals surface area contributed by atoms with Gasteiger partial charge in [-0.15, -0.1) is 5.10 Å². The molecule has 0 bridgehead atoms. The Bertz CT molecular complexity index is 1210. The number of benzene rings is 2. The molecule has 2 aromatic carbocycles. The summed E-state index contributed by atoms with van der Waals surface area (Å²) in [5, 5.41) is 4.31. The van der Waals surface area contributed by atoms with Crippen LogP contribution in [0.15, 0.2) is 59.4 Å². The maximum atomic E-state index is 12.6. The highest BCUT2D eigenvalue weighted by molar-refractivity contribution is 7.15. The summed E-state index contributed by atoms with van der Waals surface area (Å²) in [5.41, 5.74) is 1.80. The van der Waals surface area contributed by atoms with E-state index in [9.17, 15) is 4.79 Å². The van der Waals surface area contributed by atoms with E-state index >= 15 is 0 Å². The van der Waals surface area contributed by atoms with Crippen LogP contribution in [0.25, 0.3) is 23.2 Å². The van der Waals surface area contributed by atoms with Gasteiger partial charge in [0, 0.05) is 0 Å². The van der Waals surface area contributed by atoms with E-state index in [0.29, 0.717) is 21.9 Å². The molecule has 27 heavy (non-hydrogen) atoms. The van der Waals surface area contributed by atoms with Crippen molar-refractivity contribution >= 4 is 34.5 Å². The summed E-state index contributed by atoms with van der Waals surface area (Å²) in [4.78, 5) is 17.6. The first-order chi connectivity index (χ1) is 13.2. The molecule has 0 atom stereocenters. The lowest BCUT2D eigenvalue weighted by Crippen LogP contribution is -2.23. The number of aromatic nitrogens is 3. The van der Waals surface area contributed by atoms with Crippen LogP contribution in [0.4, 0.5) is 0 Å². The van der Waals surface area contributed by atoms with E-state index in [1.807, 2.05) is 79.7 Å². The van der Waals surface area contributed by atoms with E-state index in [1.54, 1.807) is 0 Å². The van der Waals surface area contributed by atoms with Crippen molar-refractivity contribution in [3.63, 3.8) is 0 Å². The molecule has 4 aromatic rings. The molecule has 0 amide bonds. The molecule has 0 spiro atoms. The highest BCUT2D eigenvalue weighted by Crippen LogP contribution is 2.14. The van der Waals surface area contributed by atoms with Gasteiger partial charge in [0.15, 0.2) is 5.82 Å². The van der Waals surface area contributed by atoms with Gasteiger partial charge >= 0.3 is 0 Å². The highest BCUT2D eigenvalue weighted by atomic mass is 32.1. The second-order valence-electron chi connectivity index (χ2n) is 5.83. The Hall–Kier alpha value is -3.25. The van der Waals surface area contributed by atoms with Crippen molar-refractivity contribution in [2.24, 2.45) is 0 Å². The number of hydrogen-bond donors (Lipinski definition) is 0. The molecule has 0 fully saturated rings. The van der Waals surface area contributed by atoms with Crippen molar-refractivity contribution in [1.82, 2.24) is 14.6 Å². The molecule has 0 aliphatic carbocycles. The maximum absolute atomic E-state index is 12.6. The molecule has 0 radical (unpaired) electrons. The molecule has 2 aromatic heterocycles. The molecule has 2 heterocycles. The minimum absolute atomic E-state index is 0.163. The van der Waals surface area contributed by atoms with Crippen LogP contribution >= 0.6 is 11.3 Å². The van der Waals surface area contributed by atoms with E-state index < -0.39 is 0 Å². The molecule has 0 unspecified atom stereocenters. The predicted octanol–water partition coefficient (Wildman–Crippen LogP) is 3.27. The number of thiazole rings is 1. The van der Waals surface area contributed by atoms with Gasteiger partial charge in [0.2, 0.25) is 4.96 Å². The zero-order valence-electron chi connectivity index (χ0n) is 14.7. The van der Waals surface area contributed by atoms with Gasteiger partial charge in [-0.05, 0) is 42.3 Å². The maximum Gasteiger partial charge on any atom is 0.291 e. The fourth-order valence-corrected chi connectivity index (χ4v) is 3.58. The fraction of sp³-hybridized carbons (Fsp3) is 0.0952. The van der Waals surface area contributed by atoms with Gasteiger partial charge in [-0.3, -0.25) is 4.79 Å². The molecule has 0 N–H and O–H groups in total.